The van der Waals surface area contributed by atoms with Gasteiger partial charge in [-0.05, 0) is 36.4 Å². The molecule has 0 amide bonds. The summed E-state index contributed by atoms with van der Waals surface area (Å²) < 4.78 is 3.86. The van der Waals surface area contributed by atoms with Gasteiger partial charge in [0.15, 0.2) is 0 Å². The fourth-order valence-corrected chi connectivity index (χ4v) is 2.99. The minimum absolute atomic E-state index is 0.375. The molecule has 23 heavy (non-hydrogen) atoms. The van der Waals surface area contributed by atoms with Crippen LogP contribution < -0.4 is 0 Å². The maximum atomic E-state index is 8.95. The Morgan fingerprint density at radius 1 is 1.17 bits per heavy atom. The maximum Gasteiger partial charge on any atom is 0.292 e. The number of H-pyrrole nitrogens is 1. The smallest absolute Gasteiger partial charge is 0.292 e. The van der Waals surface area contributed by atoms with Crippen molar-refractivity contribution >= 4 is 29.1 Å². The Morgan fingerprint density at radius 2 is 1.87 bits per heavy atom. The van der Waals surface area contributed by atoms with Crippen LogP contribution in [0.25, 0.3) is 22.0 Å². The molecule has 0 aliphatic heterocycles. The predicted molar refractivity (Wildman–Crippen MR) is 98.0 cm³/mol. The minimum Gasteiger partial charge on any atom is -0.471 e. The third-order valence-electron chi connectivity index (χ3n) is 3.60. The van der Waals surface area contributed by atoms with Crippen molar-refractivity contribution in [1.29, 1.82) is 0 Å². The second-order valence-corrected chi connectivity index (χ2v) is 5.82. The molecule has 0 unspecified atom stereocenters. The van der Waals surface area contributed by atoms with Crippen molar-refractivity contribution in [2.75, 3.05) is 13.4 Å². The van der Waals surface area contributed by atoms with Crippen LogP contribution in [-0.2, 0) is 16.0 Å². The number of rotatable bonds is 4. The number of carbonyl (C=O) groups is 1. The second-order valence-electron chi connectivity index (χ2n) is 4.94. The number of aromatic amines is 1. The van der Waals surface area contributed by atoms with Crippen LogP contribution in [0.5, 0.6) is 0 Å². The molecule has 120 valence electrons. The van der Waals surface area contributed by atoms with E-state index < -0.39 is 0 Å². The van der Waals surface area contributed by atoms with Crippen LogP contribution in [0.1, 0.15) is 12.6 Å². The van der Waals surface area contributed by atoms with Crippen molar-refractivity contribution < 1.29 is 9.53 Å². The molecule has 3 nitrogen and oxygen atoms in total. The van der Waals surface area contributed by atoms with E-state index >= 15 is 0 Å². The van der Waals surface area contributed by atoms with Crippen molar-refractivity contribution in [3.8, 4) is 11.1 Å². The van der Waals surface area contributed by atoms with Gasteiger partial charge in [-0.2, -0.15) is 0 Å². The molecule has 3 aromatic rings. The molecule has 4 heteroatoms. The molecule has 0 aliphatic carbocycles. The van der Waals surface area contributed by atoms with E-state index in [4.69, 9.17) is 4.79 Å². The van der Waals surface area contributed by atoms with E-state index in [0.29, 0.717) is 6.47 Å². The molecule has 0 fully saturated rings. The Morgan fingerprint density at radius 3 is 2.43 bits per heavy atom. The van der Waals surface area contributed by atoms with Crippen LogP contribution >= 0.6 is 11.8 Å². The molecule has 1 aromatic heterocycles. The van der Waals surface area contributed by atoms with Crippen molar-refractivity contribution in [1.82, 2.24) is 4.98 Å². The highest BCUT2D eigenvalue weighted by molar-refractivity contribution is 7.98. The largest absolute Gasteiger partial charge is 0.471 e. The number of aromatic nitrogens is 1. The van der Waals surface area contributed by atoms with Crippen LogP contribution in [-0.4, -0.2) is 24.8 Å². The standard InChI is InChI=1S/C17H17NS.C2H4O2/c1-3-15-17(12-7-5-4-6-8-12)14-11-13(19-2)9-10-16(14)18-15;1-4-2-3/h4-11,18H,3H2,1-2H3;2H,1H3. The molecule has 0 spiro atoms. The molecule has 0 atom stereocenters. The number of methoxy groups -OCH3 is 1. The summed E-state index contributed by atoms with van der Waals surface area (Å²) in [6.45, 7) is 2.58. The fourth-order valence-electron chi connectivity index (χ4n) is 2.55. The van der Waals surface area contributed by atoms with Gasteiger partial charge in [-0.15, -0.1) is 11.8 Å². The van der Waals surface area contributed by atoms with Gasteiger partial charge in [-0.25, -0.2) is 0 Å². The molecule has 0 aliphatic rings. The molecular weight excluding hydrogens is 306 g/mol. The number of hydrogen-bond donors (Lipinski definition) is 1. The van der Waals surface area contributed by atoms with Crippen molar-refractivity contribution in [3.05, 3.63) is 54.2 Å². The van der Waals surface area contributed by atoms with E-state index in [-0.39, 0.29) is 0 Å². The molecule has 0 bridgehead atoms. The van der Waals surface area contributed by atoms with Crippen molar-refractivity contribution in [2.24, 2.45) is 0 Å². The summed E-state index contributed by atoms with van der Waals surface area (Å²) in [7, 11) is 1.31. The molecule has 0 radical (unpaired) electrons. The highest BCUT2D eigenvalue weighted by Gasteiger charge is 2.12. The first-order valence-corrected chi connectivity index (χ1v) is 8.68. The average Bonchev–Trinajstić information content (AvgIpc) is 3.00. The lowest BCUT2D eigenvalue weighted by Gasteiger charge is -2.04. The number of aryl methyl sites for hydroxylation is 1. The summed E-state index contributed by atoms with van der Waals surface area (Å²) in [4.78, 5) is 13.8. The number of nitrogens with one attached hydrogen (secondary N) is 1. The van der Waals surface area contributed by atoms with Crippen LogP contribution in [0.15, 0.2) is 53.4 Å². The van der Waals surface area contributed by atoms with E-state index in [9.17, 15) is 0 Å². The van der Waals surface area contributed by atoms with Gasteiger partial charge in [-0.3, -0.25) is 4.79 Å². The average molecular weight is 327 g/mol. The Hall–Kier alpha value is -2.20. The predicted octanol–water partition coefficient (Wildman–Crippen LogP) is 4.91. The van der Waals surface area contributed by atoms with Crippen LogP contribution in [0.4, 0.5) is 0 Å². The van der Waals surface area contributed by atoms with E-state index in [0.717, 1.165) is 6.42 Å². The fraction of sp³-hybridized carbons (Fsp3) is 0.211. The minimum atomic E-state index is 0.375. The lowest BCUT2D eigenvalue weighted by Crippen LogP contribution is -1.84. The molecular formula is C19H21NO2S. The van der Waals surface area contributed by atoms with Gasteiger partial charge < -0.3 is 9.72 Å². The Kier molecular flexibility index (Phi) is 6.29. The highest BCUT2D eigenvalue weighted by atomic mass is 32.2. The van der Waals surface area contributed by atoms with Crippen LogP contribution in [0.3, 0.4) is 0 Å². The van der Waals surface area contributed by atoms with Crippen molar-refractivity contribution in [2.45, 2.75) is 18.2 Å². The van der Waals surface area contributed by atoms with E-state index in [2.05, 4.69) is 71.4 Å². The second kappa shape index (κ2) is 8.44. The zero-order valence-electron chi connectivity index (χ0n) is 13.6. The monoisotopic (exact) mass is 327 g/mol. The summed E-state index contributed by atoms with van der Waals surface area (Å²) in [6.07, 6.45) is 3.14. The summed E-state index contributed by atoms with van der Waals surface area (Å²) >= 11 is 1.79. The lowest BCUT2D eigenvalue weighted by molar-refractivity contribution is -0.126. The topological polar surface area (TPSA) is 42.1 Å². The quantitative estimate of drug-likeness (QED) is 0.547. The van der Waals surface area contributed by atoms with Crippen LogP contribution in [0.2, 0.25) is 0 Å². The molecule has 3 rings (SSSR count). The normalized spacial score (nSPS) is 10.0. The Bertz CT molecular complexity index is 766. The maximum absolute atomic E-state index is 8.95. The summed E-state index contributed by atoms with van der Waals surface area (Å²) in [6, 6.07) is 17.3. The third kappa shape index (κ3) is 3.96. The first-order valence-electron chi connectivity index (χ1n) is 7.45. The van der Waals surface area contributed by atoms with Gasteiger partial charge in [0.05, 0.1) is 7.11 Å². The van der Waals surface area contributed by atoms with Crippen molar-refractivity contribution in [3.63, 3.8) is 0 Å². The van der Waals surface area contributed by atoms with Gasteiger partial charge in [0.25, 0.3) is 6.47 Å². The number of hydrogen-bond acceptors (Lipinski definition) is 3. The first kappa shape index (κ1) is 17.2. The number of thioether (sulfide) groups is 1. The summed E-state index contributed by atoms with van der Waals surface area (Å²) in [5, 5.41) is 1.33. The van der Waals surface area contributed by atoms with Crippen LogP contribution in [0, 0.1) is 0 Å². The molecule has 1 N–H and O–H groups in total. The third-order valence-corrected chi connectivity index (χ3v) is 4.32. The highest BCUT2D eigenvalue weighted by Crippen LogP contribution is 2.34. The molecule has 2 aromatic carbocycles. The van der Waals surface area contributed by atoms with Gasteiger partial charge in [0, 0.05) is 27.1 Å². The van der Waals surface area contributed by atoms with Gasteiger partial charge in [0.1, 0.15) is 0 Å². The summed E-state index contributed by atoms with van der Waals surface area (Å²) in [5.74, 6) is 0. The first-order chi connectivity index (χ1) is 11.2. The van der Waals surface area contributed by atoms with E-state index in [1.54, 1.807) is 11.8 Å². The SMILES string of the molecule is CCc1[nH]c2ccc(SC)cc2c1-c1ccccc1.COC=O. The lowest BCUT2D eigenvalue weighted by atomic mass is 10.0. The summed E-state index contributed by atoms with van der Waals surface area (Å²) in [5.41, 5.74) is 5.20. The molecule has 1 heterocycles. The number of ether oxygens (including phenoxy) is 1. The number of fused-ring (bicyclic) bond motifs is 1. The zero-order chi connectivity index (χ0) is 16.7. The Balaban J connectivity index is 0.000000433. The van der Waals surface area contributed by atoms with Gasteiger partial charge in [-0.1, -0.05) is 37.3 Å². The van der Waals surface area contributed by atoms with E-state index in [1.807, 2.05) is 0 Å². The number of benzene rings is 2. The van der Waals surface area contributed by atoms with Gasteiger partial charge >= 0.3 is 0 Å². The molecule has 0 saturated carbocycles. The zero-order valence-corrected chi connectivity index (χ0v) is 14.4. The van der Waals surface area contributed by atoms with E-state index in [1.165, 1.54) is 39.7 Å². The number of carbonyl (C=O) groups excluding carboxylic acids is 1. The van der Waals surface area contributed by atoms with Gasteiger partial charge in [0.2, 0.25) is 0 Å². The molecule has 0 saturated heterocycles. The Labute approximate surface area is 141 Å².